The molecule has 0 aliphatic heterocycles. The summed E-state index contributed by atoms with van der Waals surface area (Å²) in [5.74, 6) is 0. The molecule has 1 aromatic rings. The zero-order valence-electron chi connectivity index (χ0n) is 7.42. The average molecular weight is 299 g/mol. The smallest absolute Gasteiger partial charge is 0.246 e. The van der Waals surface area contributed by atoms with Crippen LogP contribution in [0.5, 0.6) is 0 Å². The first-order valence-electron chi connectivity index (χ1n) is 3.78. The Bertz CT molecular complexity index is 433. The Morgan fingerprint density at radius 2 is 2.14 bits per heavy atom. The molecule has 6 heteroatoms. The van der Waals surface area contributed by atoms with Gasteiger partial charge in [0.15, 0.2) is 0 Å². The van der Waals surface area contributed by atoms with Gasteiger partial charge in [-0.1, -0.05) is 22.0 Å². The normalized spacial score (nSPS) is 11.4. The van der Waals surface area contributed by atoms with Crippen LogP contribution in [-0.2, 0) is 10.0 Å². The second-order valence-electron chi connectivity index (χ2n) is 2.74. The maximum absolute atomic E-state index is 11.2. The molecular weight excluding hydrogens is 290 g/mol. The number of benzene rings is 1. The number of anilines is 1. The Morgan fingerprint density at radius 1 is 1.50 bits per heavy atom. The van der Waals surface area contributed by atoms with Gasteiger partial charge in [-0.05, 0) is 24.6 Å². The summed E-state index contributed by atoms with van der Waals surface area (Å²) in [4.78, 5) is 0. The van der Waals surface area contributed by atoms with Crippen LogP contribution in [0.4, 0.5) is 5.69 Å². The van der Waals surface area contributed by atoms with Gasteiger partial charge in [0.25, 0.3) is 0 Å². The highest BCUT2D eigenvalue weighted by Gasteiger charge is 2.10. The predicted molar refractivity (Wildman–Crippen MR) is 62.1 cm³/mol. The van der Waals surface area contributed by atoms with E-state index in [0.717, 1.165) is 10.0 Å². The van der Waals surface area contributed by atoms with Gasteiger partial charge >= 0.3 is 0 Å². The van der Waals surface area contributed by atoms with Crippen molar-refractivity contribution in [1.29, 1.82) is 0 Å². The summed E-state index contributed by atoms with van der Waals surface area (Å²) < 4.78 is 25.6. The Hall–Kier alpha value is -0.260. The molecule has 0 aliphatic carbocycles. The Morgan fingerprint density at radius 3 is 2.71 bits per heavy atom. The summed E-state index contributed by atoms with van der Waals surface area (Å²) in [5, 5.41) is -0.445. The van der Waals surface area contributed by atoms with E-state index >= 15 is 0 Å². The van der Waals surface area contributed by atoms with E-state index < -0.39 is 15.2 Å². The van der Waals surface area contributed by atoms with Crippen molar-refractivity contribution in [2.45, 2.75) is 6.92 Å². The third-order valence-corrected chi connectivity index (χ3v) is 4.22. The zero-order chi connectivity index (χ0) is 10.8. The van der Waals surface area contributed by atoms with Crippen molar-refractivity contribution >= 4 is 43.2 Å². The van der Waals surface area contributed by atoms with Gasteiger partial charge in [-0.15, -0.1) is 11.6 Å². The fourth-order valence-corrected chi connectivity index (χ4v) is 2.05. The SMILES string of the molecule is Cc1c(Br)cccc1NS(=O)(=O)CCl. The van der Waals surface area contributed by atoms with Crippen LogP contribution in [0.3, 0.4) is 0 Å². The van der Waals surface area contributed by atoms with Crippen LogP contribution in [-0.4, -0.2) is 13.6 Å². The molecule has 0 aliphatic rings. The number of halogens is 2. The first kappa shape index (κ1) is 11.8. The molecule has 0 saturated heterocycles. The molecule has 1 N–H and O–H groups in total. The van der Waals surface area contributed by atoms with Crippen LogP contribution in [0.1, 0.15) is 5.56 Å². The van der Waals surface area contributed by atoms with E-state index in [9.17, 15) is 8.42 Å². The van der Waals surface area contributed by atoms with Gasteiger partial charge in [-0.25, -0.2) is 8.42 Å². The van der Waals surface area contributed by atoms with Crippen molar-refractivity contribution in [2.24, 2.45) is 0 Å². The Balaban J connectivity index is 3.05. The molecule has 3 nitrogen and oxygen atoms in total. The maximum atomic E-state index is 11.2. The van der Waals surface area contributed by atoms with Crippen LogP contribution in [0.2, 0.25) is 0 Å². The highest BCUT2D eigenvalue weighted by Crippen LogP contribution is 2.24. The lowest BCUT2D eigenvalue weighted by Gasteiger charge is -2.09. The highest BCUT2D eigenvalue weighted by atomic mass is 79.9. The average Bonchev–Trinajstić information content (AvgIpc) is 2.13. The standard InChI is InChI=1S/C8H9BrClNO2S/c1-6-7(9)3-2-4-8(6)11-14(12,13)5-10/h2-4,11H,5H2,1H3. The molecule has 0 amide bonds. The fraction of sp³-hybridized carbons (Fsp3) is 0.250. The van der Waals surface area contributed by atoms with Crippen LogP contribution >= 0.6 is 27.5 Å². The molecule has 0 radical (unpaired) electrons. The van der Waals surface area contributed by atoms with Crippen LogP contribution in [0.15, 0.2) is 22.7 Å². The summed E-state index contributed by atoms with van der Waals surface area (Å²) in [5.41, 5.74) is 1.38. The number of alkyl halides is 1. The Labute approximate surface area is 96.6 Å². The molecular formula is C8H9BrClNO2S. The van der Waals surface area contributed by atoms with Crippen molar-refractivity contribution in [3.63, 3.8) is 0 Å². The van der Waals surface area contributed by atoms with Crippen molar-refractivity contribution in [2.75, 3.05) is 9.93 Å². The molecule has 78 valence electrons. The first-order valence-corrected chi connectivity index (χ1v) is 6.76. The molecule has 0 unspecified atom stereocenters. The molecule has 0 spiro atoms. The Kier molecular flexibility index (Phi) is 3.80. The van der Waals surface area contributed by atoms with E-state index in [2.05, 4.69) is 20.7 Å². The topological polar surface area (TPSA) is 46.2 Å². The lowest BCUT2D eigenvalue weighted by molar-refractivity contribution is 0.605. The summed E-state index contributed by atoms with van der Waals surface area (Å²) >= 11 is 8.58. The molecule has 14 heavy (non-hydrogen) atoms. The monoisotopic (exact) mass is 297 g/mol. The minimum Gasteiger partial charge on any atom is -0.282 e. The molecule has 1 rings (SSSR count). The molecule has 1 aromatic carbocycles. The van der Waals surface area contributed by atoms with E-state index in [1.807, 2.05) is 13.0 Å². The summed E-state index contributed by atoms with van der Waals surface area (Å²) in [7, 11) is -3.42. The van der Waals surface area contributed by atoms with Gasteiger partial charge in [-0.2, -0.15) is 0 Å². The fourth-order valence-electron chi connectivity index (χ4n) is 0.913. The third kappa shape index (κ3) is 2.87. The molecule has 0 heterocycles. The summed E-state index contributed by atoms with van der Waals surface area (Å²) in [6.45, 7) is 1.82. The number of hydrogen-bond acceptors (Lipinski definition) is 2. The number of rotatable bonds is 3. The summed E-state index contributed by atoms with van der Waals surface area (Å²) in [6.07, 6.45) is 0. The van der Waals surface area contributed by atoms with Crippen molar-refractivity contribution in [3.8, 4) is 0 Å². The molecule has 0 fully saturated rings. The van der Waals surface area contributed by atoms with Gasteiger partial charge in [0.1, 0.15) is 5.21 Å². The van der Waals surface area contributed by atoms with Gasteiger partial charge in [-0.3, -0.25) is 4.72 Å². The lowest BCUT2D eigenvalue weighted by Crippen LogP contribution is -2.14. The van der Waals surface area contributed by atoms with Gasteiger partial charge < -0.3 is 0 Å². The lowest BCUT2D eigenvalue weighted by atomic mass is 10.2. The molecule has 0 atom stereocenters. The van der Waals surface area contributed by atoms with Gasteiger partial charge in [0.2, 0.25) is 10.0 Å². The quantitative estimate of drug-likeness (QED) is 0.872. The minimum absolute atomic E-state index is 0.445. The van der Waals surface area contributed by atoms with Crippen molar-refractivity contribution < 1.29 is 8.42 Å². The summed E-state index contributed by atoms with van der Waals surface area (Å²) in [6, 6.07) is 5.28. The second-order valence-corrected chi connectivity index (χ2v) is 5.90. The van der Waals surface area contributed by atoms with E-state index in [1.165, 1.54) is 0 Å². The molecule has 0 aromatic heterocycles. The third-order valence-electron chi connectivity index (χ3n) is 1.68. The highest BCUT2D eigenvalue weighted by molar-refractivity contribution is 9.10. The number of sulfonamides is 1. The van der Waals surface area contributed by atoms with Gasteiger partial charge in [0.05, 0.1) is 5.69 Å². The predicted octanol–water partition coefficient (Wildman–Crippen LogP) is 2.70. The maximum Gasteiger partial charge on any atom is 0.246 e. The zero-order valence-corrected chi connectivity index (χ0v) is 10.6. The number of nitrogens with one attached hydrogen (secondary N) is 1. The molecule has 0 saturated carbocycles. The van der Waals surface area contributed by atoms with Gasteiger partial charge in [0, 0.05) is 4.47 Å². The van der Waals surface area contributed by atoms with Crippen LogP contribution in [0.25, 0.3) is 0 Å². The van der Waals surface area contributed by atoms with Crippen molar-refractivity contribution in [1.82, 2.24) is 0 Å². The minimum atomic E-state index is -3.42. The first-order chi connectivity index (χ1) is 6.46. The second kappa shape index (κ2) is 4.51. The van der Waals surface area contributed by atoms with Crippen LogP contribution in [0, 0.1) is 6.92 Å². The van der Waals surface area contributed by atoms with E-state index in [1.54, 1.807) is 12.1 Å². The van der Waals surface area contributed by atoms with E-state index in [-0.39, 0.29) is 0 Å². The van der Waals surface area contributed by atoms with Crippen LogP contribution < -0.4 is 4.72 Å². The largest absolute Gasteiger partial charge is 0.282 e. The number of hydrogen-bond donors (Lipinski definition) is 1. The molecule has 0 bridgehead atoms. The van der Waals surface area contributed by atoms with E-state index in [0.29, 0.717) is 5.69 Å². The van der Waals surface area contributed by atoms with E-state index in [4.69, 9.17) is 11.6 Å². The van der Waals surface area contributed by atoms with Crippen molar-refractivity contribution in [3.05, 3.63) is 28.2 Å².